The van der Waals surface area contributed by atoms with E-state index in [1.807, 2.05) is 18.2 Å². The number of carbonyl (C=O) groups excluding carboxylic acids is 1. The molecule has 4 heteroatoms. The van der Waals surface area contributed by atoms with E-state index in [0.717, 1.165) is 24.8 Å². The molecule has 2 N–H and O–H groups in total. The first-order chi connectivity index (χ1) is 9.72. The molecule has 1 aromatic carbocycles. The highest BCUT2D eigenvalue weighted by molar-refractivity contribution is 5.76. The highest BCUT2D eigenvalue weighted by Crippen LogP contribution is 2.44. The third kappa shape index (κ3) is 2.86. The van der Waals surface area contributed by atoms with Crippen molar-refractivity contribution in [2.75, 3.05) is 19.8 Å². The van der Waals surface area contributed by atoms with E-state index < -0.39 is 0 Å². The maximum atomic E-state index is 12.0. The van der Waals surface area contributed by atoms with Gasteiger partial charge in [0.25, 0.3) is 0 Å². The minimum atomic E-state index is -0.135. The van der Waals surface area contributed by atoms with Crippen LogP contribution in [0.2, 0.25) is 0 Å². The van der Waals surface area contributed by atoms with Crippen LogP contribution in [0.5, 0.6) is 0 Å². The Balaban J connectivity index is 1.57. The Kier molecular flexibility index (Phi) is 3.76. The number of hydrogen-bond donors (Lipinski definition) is 2. The minimum absolute atomic E-state index is 0.00595. The number of fused-ring (bicyclic) bond motifs is 1. The maximum Gasteiger partial charge on any atom is 0.222 e. The normalized spacial score (nSPS) is 22.9. The summed E-state index contributed by atoms with van der Waals surface area (Å²) in [7, 11) is 0. The molecule has 1 saturated carbocycles. The molecule has 0 spiro atoms. The number of aliphatic hydroxyl groups is 1. The van der Waals surface area contributed by atoms with Gasteiger partial charge < -0.3 is 15.2 Å². The summed E-state index contributed by atoms with van der Waals surface area (Å²) in [5, 5.41) is 12.2. The number of hydrogen-bond acceptors (Lipinski definition) is 3. The molecule has 3 rings (SSSR count). The largest absolute Gasteiger partial charge is 0.396 e. The minimum Gasteiger partial charge on any atom is -0.396 e. The maximum absolute atomic E-state index is 12.0. The molecule has 1 fully saturated rings. The van der Waals surface area contributed by atoms with Gasteiger partial charge in [-0.2, -0.15) is 0 Å². The molecule has 2 aliphatic rings. The smallest absolute Gasteiger partial charge is 0.222 e. The Morgan fingerprint density at radius 2 is 2.20 bits per heavy atom. The SMILES string of the molecule is O=C(CC1OCCc2ccccc21)NCC1(CO)CC1. The first-order valence-electron chi connectivity index (χ1n) is 7.29. The third-order valence-corrected chi connectivity index (χ3v) is 4.42. The summed E-state index contributed by atoms with van der Waals surface area (Å²) in [6.07, 6.45) is 3.16. The van der Waals surface area contributed by atoms with E-state index in [-0.39, 0.29) is 24.0 Å². The Hall–Kier alpha value is -1.39. The lowest BCUT2D eigenvalue weighted by molar-refractivity contribution is -0.124. The van der Waals surface area contributed by atoms with Crippen molar-refractivity contribution in [1.82, 2.24) is 5.32 Å². The summed E-state index contributed by atoms with van der Waals surface area (Å²) in [4.78, 5) is 12.0. The van der Waals surface area contributed by atoms with Gasteiger partial charge in [0.1, 0.15) is 0 Å². The second-order valence-electron chi connectivity index (χ2n) is 5.95. The number of amides is 1. The number of ether oxygens (including phenoxy) is 1. The standard InChI is InChI=1S/C16H21NO3/c18-11-16(6-7-16)10-17-15(19)9-14-13-4-2-1-3-12(13)5-8-20-14/h1-4,14,18H,5-11H2,(H,17,19). The van der Waals surface area contributed by atoms with Gasteiger partial charge in [-0.05, 0) is 30.4 Å². The van der Waals surface area contributed by atoms with E-state index in [4.69, 9.17) is 4.74 Å². The Labute approximate surface area is 119 Å². The van der Waals surface area contributed by atoms with Gasteiger partial charge in [-0.15, -0.1) is 0 Å². The Morgan fingerprint density at radius 3 is 2.95 bits per heavy atom. The average Bonchev–Trinajstić information content (AvgIpc) is 3.26. The van der Waals surface area contributed by atoms with Crippen molar-refractivity contribution in [3.05, 3.63) is 35.4 Å². The Bertz CT molecular complexity index is 496. The fraction of sp³-hybridized carbons (Fsp3) is 0.562. The van der Waals surface area contributed by atoms with E-state index in [1.165, 1.54) is 5.56 Å². The zero-order valence-electron chi connectivity index (χ0n) is 11.6. The first kappa shape index (κ1) is 13.6. The van der Waals surface area contributed by atoms with E-state index in [1.54, 1.807) is 0 Å². The molecule has 1 amide bonds. The summed E-state index contributed by atoms with van der Waals surface area (Å²) < 4.78 is 5.74. The highest BCUT2D eigenvalue weighted by Gasteiger charge is 2.42. The zero-order chi connectivity index (χ0) is 14.0. The monoisotopic (exact) mass is 275 g/mol. The van der Waals surface area contributed by atoms with Crippen LogP contribution in [-0.4, -0.2) is 30.8 Å². The van der Waals surface area contributed by atoms with Gasteiger partial charge >= 0.3 is 0 Å². The predicted octanol–water partition coefficient (Wildman–Crippen LogP) is 1.58. The molecule has 0 saturated heterocycles. The molecule has 20 heavy (non-hydrogen) atoms. The zero-order valence-corrected chi connectivity index (χ0v) is 11.6. The topological polar surface area (TPSA) is 58.6 Å². The van der Waals surface area contributed by atoms with Crippen LogP contribution in [0.1, 0.15) is 36.5 Å². The molecule has 0 radical (unpaired) electrons. The average molecular weight is 275 g/mol. The van der Waals surface area contributed by atoms with Crippen molar-refractivity contribution >= 4 is 5.91 Å². The van der Waals surface area contributed by atoms with Crippen molar-refractivity contribution in [3.63, 3.8) is 0 Å². The van der Waals surface area contributed by atoms with Crippen molar-refractivity contribution in [2.24, 2.45) is 5.41 Å². The van der Waals surface area contributed by atoms with Gasteiger partial charge in [-0.25, -0.2) is 0 Å². The van der Waals surface area contributed by atoms with E-state index in [2.05, 4.69) is 11.4 Å². The summed E-state index contributed by atoms with van der Waals surface area (Å²) in [5.74, 6) is 0.00595. The van der Waals surface area contributed by atoms with Crippen LogP contribution in [0.3, 0.4) is 0 Å². The molecule has 0 bridgehead atoms. The molecule has 1 atom stereocenters. The predicted molar refractivity (Wildman–Crippen MR) is 75.2 cm³/mol. The lowest BCUT2D eigenvalue weighted by atomic mass is 9.95. The van der Waals surface area contributed by atoms with Crippen LogP contribution in [0, 0.1) is 5.41 Å². The molecule has 1 heterocycles. The van der Waals surface area contributed by atoms with E-state index in [0.29, 0.717) is 19.6 Å². The van der Waals surface area contributed by atoms with Crippen molar-refractivity contribution in [1.29, 1.82) is 0 Å². The van der Waals surface area contributed by atoms with E-state index >= 15 is 0 Å². The molecule has 4 nitrogen and oxygen atoms in total. The van der Waals surface area contributed by atoms with Gasteiger partial charge in [0.15, 0.2) is 0 Å². The van der Waals surface area contributed by atoms with Gasteiger partial charge in [0.05, 0.1) is 25.7 Å². The molecular weight excluding hydrogens is 254 g/mol. The van der Waals surface area contributed by atoms with Crippen molar-refractivity contribution in [3.8, 4) is 0 Å². The number of rotatable bonds is 5. The third-order valence-electron chi connectivity index (χ3n) is 4.42. The van der Waals surface area contributed by atoms with Crippen molar-refractivity contribution in [2.45, 2.75) is 31.8 Å². The highest BCUT2D eigenvalue weighted by atomic mass is 16.5. The second-order valence-corrected chi connectivity index (χ2v) is 5.95. The summed E-state index contributed by atoms with van der Waals surface area (Å²) in [6.45, 7) is 1.42. The second kappa shape index (κ2) is 5.54. The molecule has 1 unspecified atom stereocenters. The summed E-state index contributed by atoms with van der Waals surface area (Å²) in [6, 6.07) is 8.17. The van der Waals surface area contributed by atoms with Crippen molar-refractivity contribution < 1.29 is 14.6 Å². The van der Waals surface area contributed by atoms with Gasteiger partial charge in [0.2, 0.25) is 5.91 Å². The van der Waals surface area contributed by atoms with Gasteiger partial charge in [-0.3, -0.25) is 4.79 Å². The van der Waals surface area contributed by atoms with Crippen LogP contribution >= 0.6 is 0 Å². The first-order valence-corrected chi connectivity index (χ1v) is 7.29. The fourth-order valence-electron chi connectivity index (χ4n) is 2.74. The van der Waals surface area contributed by atoms with E-state index in [9.17, 15) is 9.90 Å². The van der Waals surface area contributed by atoms with Crippen LogP contribution in [0.25, 0.3) is 0 Å². The molecule has 0 aromatic heterocycles. The number of carbonyl (C=O) groups is 1. The Morgan fingerprint density at radius 1 is 1.40 bits per heavy atom. The molecule has 1 aliphatic heterocycles. The number of aliphatic hydroxyl groups excluding tert-OH is 1. The molecular formula is C16H21NO3. The molecule has 108 valence electrons. The van der Waals surface area contributed by atoms with Gasteiger partial charge in [-0.1, -0.05) is 24.3 Å². The van der Waals surface area contributed by atoms with Gasteiger partial charge in [0, 0.05) is 12.0 Å². The quantitative estimate of drug-likeness (QED) is 0.857. The molecule has 1 aromatic rings. The fourth-order valence-corrected chi connectivity index (χ4v) is 2.74. The summed E-state index contributed by atoms with van der Waals surface area (Å²) >= 11 is 0. The summed E-state index contributed by atoms with van der Waals surface area (Å²) in [5.41, 5.74) is 2.38. The molecule has 1 aliphatic carbocycles. The number of nitrogens with one attached hydrogen (secondary N) is 1. The van der Waals surface area contributed by atoms with Crippen LogP contribution in [0.15, 0.2) is 24.3 Å². The van der Waals surface area contributed by atoms with Crippen LogP contribution in [-0.2, 0) is 16.0 Å². The lowest BCUT2D eigenvalue weighted by Gasteiger charge is -2.26. The van der Waals surface area contributed by atoms with Crippen LogP contribution < -0.4 is 5.32 Å². The van der Waals surface area contributed by atoms with Crippen LogP contribution in [0.4, 0.5) is 0 Å². The lowest BCUT2D eigenvalue weighted by Crippen LogP contribution is -2.33. The number of benzene rings is 1.